The van der Waals surface area contributed by atoms with Crippen molar-refractivity contribution in [2.45, 2.75) is 19.3 Å². The van der Waals surface area contributed by atoms with E-state index in [9.17, 15) is 4.79 Å². The van der Waals surface area contributed by atoms with Gasteiger partial charge < -0.3 is 4.90 Å². The summed E-state index contributed by atoms with van der Waals surface area (Å²) in [6, 6.07) is 7.27. The third-order valence-corrected chi connectivity index (χ3v) is 3.89. The summed E-state index contributed by atoms with van der Waals surface area (Å²) >= 11 is 12.1. The van der Waals surface area contributed by atoms with E-state index in [1.54, 1.807) is 17.0 Å². The SMILES string of the molecule is N#CCC(=O)N1CCC(=Cc2cc(Cl)ccc2Cl)CC1. The third-order valence-electron chi connectivity index (χ3n) is 3.31. The van der Waals surface area contributed by atoms with E-state index < -0.39 is 0 Å². The minimum absolute atomic E-state index is 0.0425. The van der Waals surface area contributed by atoms with E-state index in [4.69, 9.17) is 28.5 Å². The molecule has 20 heavy (non-hydrogen) atoms. The highest BCUT2D eigenvalue weighted by Gasteiger charge is 2.18. The van der Waals surface area contributed by atoms with Gasteiger partial charge in [0.05, 0.1) is 6.07 Å². The van der Waals surface area contributed by atoms with Gasteiger partial charge in [0.15, 0.2) is 0 Å². The van der Waals surface area contributed by atoms with Crippen molar-refractivity contribution in [3.05, 3.63) is 39.4 Å². The van der Waals surface area contributed by atoms with Gasteiger partial charge in [-0.3, -0.25) is 4.79 Å². The Hall–Kier alpha value is -1.50. The fraction of sp³-hybridized carbons (Fsp3) is 0.333. The van der Waals surface area contributed by atoms with Crippen LogP contribution in [0.1, 0.15) is 24.8 Å². The Bertz CT molecular complexity index is 580. The molecule has 1 amide bonds. The van der Waals surface area contributed by atoms with Gasteiger partial charge in [-0.1, -0.05) is 34.9 Å². The maximum Gasteiger partial charge on any atom is 0.236 e. The molecule has 1 heterocycles. The van der Waals surface area contributed by atoms with E-state index >= 15 is 0 Å². The van der Waals surface area contributed by atoms with Gasteiger partial charge in [0.2, 0.25) is 5.91 Å². The molecule has 0 saturated carbocycles. The topological polar surface area (TPSA) is 44.1 Å². The molecule has 0 aliphatic carbocycles. The minimum atomic E-state index is -0.0904. The zero-order chi connectivity index (χ0) is 14.5. The maximum atomic E-state index is 11.6. The Morgan fingerprint density at radius 2 is 2.05 bits per heavy atom. The number of likely N-dealkylation sites (tertiary alicyclic amines) is 1. The van der Waals surface area contributed by atoms with Crippen LogP contribution in [0.4, 0.5) is 0 Å². The van der Waals surface area contributed by atoms with E-state index in [1.807, 2.05) is 18.2 Å². The Labute approximate surface area is 128 Å². The van der Waals surface area contributed by atoms with Crippen molar-refractivity contribution < 1.29 is 4.79 Å². The normalized spacial score (nSPS) is 14.8. The van der Waals surface area contributed by atoms with Gasteiger partial charge in [-0.2, -0.15) is 5.26 Å². The quantitative estimate of drug-likeness (QED) is 0.831. The van der Waals surface area contributed by atoms with Gasteiger partial charge in [-0.05, 0) is 36.6 Å². The fourth-order valence-electron chi connectivity index (χ4n) is 2.21. The highest BCUT2D eigenvalue weighted by molar-refractivity contribution is 6.34. The number of nitriles is 1. The second kappa shape index (κ2) is 6.78. The monoisotopic (exact) mass is 308 g/mol. The second-order valence-corrected chi connectivity index (χ2v) is 5.53. The van der Waals surface area contributed by atoms with Crippen molar-refractivity contribution in [1.82, 2.24) is 4.90 Å². The molecule has 0 bridgehead atoms. The first-order valence-corrected chi connectivity index (χ1v) is 7.15. The smallest absolute Gasteiger partial charge is 0.236 e. The van der Waals surface area contributed by atoms with Crippen LogP contribution in [0.15, 0.2) is 23.8 Å². The van der Waals surface area contributed by atoms with Crippen LogP contribution in [-0.2, 0) is 4.79 Å². The molecule has 1 aromatic rings. The molecule has 104 valence electrons. The van der Waals surface area contributed by atoms with Crippen LogP contribution < -0.4 is 0 Å². The Kier molecular flexibility index (Phi) is 5.05. The van der Waals surface area contributed by atoms with Crippen molar-refractivity contribution in [1.29, 1.82) is 5.26 Å². The summed E-state index contributed by atoms with van der Waals surface area (Å²) in [5.41, 5.74) is 2.15. The van der Waals surface area contributed by atoms with E-state index in [0.717, 1.165) is 18.4 Å². The van der Waals surface area contributed by atoms with Crippen molar-refractivity contribution >= 4 is 35.2 Å². The lowest BCUT2D eigenvalue weighted by Gasteiger charge is -2.28. The van der Waals surface area contributed by atoms with Crippen LogP contribution in [0.3, 0.4) is 0 Å². The van der Waals surface area contributed by atoms with E-state index in [2.05, 4.69) is 0 Å². The van der Waals surface area contributed by atoms with Gasteiger partial charge >= 0.3 is 0 Å². The number of nitrogens with zero attached hydrogens (tertiary/aromatic N) is 2. The summed E-state index contributed by atoms with van der Waals surface area (Å²) < 4.78 is 0. The van der Waals surface area contributed by atoms with Gasteiger partial charge in [0.1, 0.15) is 6.42 Å². The molecule has 0 radical (unpaired) electrons. The highest BCUT2D eigenvalue weighted by atomic mass is 35.5. The lowest BCUT2D eigenvalue weighted by Crippen LogP contribution is -2.35. The van der Waals surface area contributed by atoms with E-state index in [0.29, 0.717) is 23.1 Å². The maximum absolute atomic E-state index is 11.6. The first kappa shape index (κ1) is 14.9. The Morgan fingerprint density at radius 3 is 2.70 bits per heavy atom. The molecule has 0 unspecified atom stereocenters. The molecule has 1 aliphatic rings. The number of carbonyl (C=O) groups excluding carboxylic acids is 1. The van der Waals surface area contributed by atoms with Crippen LogP contribution in [-0.4, -0.2) is 23.9 Å². The predicted molar refractivity (Wildman–Crippen MR) is 80.5 cm³/mol. The first-order valence-electron chi connectivity index (χ1n) is 6.39. The van der Waals surface area contributed by atoms with Crippen LogP contribution >= 0.6 is 23.2 Å². The molecular formula is C15H14Cl2N2O. The summed E-state index contributed by atoms with van der Waals surface area (Å²) in [6.45, 7) is 1.31. The molecule has 1 aliphatic heterocycles. The molecule has 0 N–H and O–H groups in total. The Morgan fingerprint density at radius 1 is 1.35 bits per heavy atom. The van der Waals surface area contributed by atoms with Crippen molar-refractivity contribution in [2.24, 2.45) is 0 Å². The van der Waals surface area contributed by atoms with Gasteiger partial charge in [0, 0.05) is 23.1 Å². The summed E-state index contributed by atoms with van der Waals surface area (Å²) in [4.78, 5) is 13.3. The lowest BCUT2D eigenvalue weighted by atomic mass is 10.0. The van der Waals surface area contributed by atoms with Crippen LogP contribution in [0.25, 0.3) is 6.08 Å². The average Bonchev–Trinajstić information content (AvgIpc) is 2.44. The van der Waals surface area contributed by atoms with E-state index in [-0.39, 0.29) is 12.3 Å². The summed E-state index contributed by atoms with van der Waals surface area (Å²) in [6.07, 6.45) is 3.61. The van der Waals surface area contributed by atoms with Gasteiger partial charge in [-0.25, -0.2) is 0 Å². The Balaban J connectivity index is 2.03. The number of hydrogen-bond acceptors (Lipinski definition) is 2. The molecule has 5 heteroatoms. The molecule has 3 nitrogen and oxygen atoms in total. The predicted octanol–water partition coefficient (Wildman–Crippen LogP) is 3.91. The fourth-order valence-corrected chi connectivity index (χ4v) is 2.56. The minimum Gasteiger partial charge on any atom is -0.341 e. The van der Waals surface area contributed by atoms with E-state index in [1.165, 1.54) is 5.57 Å². The largest absolute Gasteiger partial charge is 0.341 e. The van der Waals surface area contributed by atoms with Crippen molar-refractivity contribution in [3.63, 3.8) is 0 Å². The molecule has 1 fully saturated rings. The molecular weight excluding hydrogens is 295 g/mol. The molecule has 2 rings (SSSR count). The molecule has 0 atom stereocenters. The number of hydrogen-bond donors (Lipinski definition) is 0. The van der Waals surface area contributed by atoms with Gasteiger partial charge in [0.25, 0.3) is 0 Å². The van der Waals surface area contributed by atoms with Crippen molar-refractivity contribution in [2.75, 3.05) is 13.1 Å². The number of halogens is 2. The van der Waals surface area contributed by atoms with Crippen LogP contribution in [0, 0.1) is 11.3 Å². The number of carbonyl (C=O) groups is 1. The number of amides is 1. The van der Waals surface area contributed by atoms with Crippen LogP contribution in [0.2, 0.25) is 10.0 Å². The lowest BCUT2D eigenvalue weighted by molar-refractivity contribution is -0.130. The number of rotatable bonds is 2. The number of piperidine rings is 1. The van der Waals surface area contributed by atoms with Gasteiger partial charge in [-0.15, -0.1) is 0 Å². The zero-order valence-corrected chi connectivity index (χ0v) is 12.4. The summed E-state index contributed by atoms with van der Waals surface area (Å²) in [7, 11) is 0. The second-order valence-electron chi connectivity index (χ2n) is 4.68. The molecule has 1 saturated heterocycles. The van der Waals surface area contributed by atoms with Crippen molar-refractivity contribution in [3.8, 4) is 6.07 Å². The molecule has 1 aromatic carbocycles. The summed E-state index contributed by atoms with van der Waals surface area (Å²) in [5, 5.41) is 9.86. The molecule has 0 spiro atoms. The first-order chi connectivity index (χ1) is 9.60. The third kappa shape index (κ3) is 3.75. The summed E-state index contributed by atoms with van der Waals surface area (Å²) in [5.74, 6) is -0.0904. The zero-order valence-electron chi connectivity index (χ0n) is 10.9. The van der Waals surface area contributed by atoms with Crippen LogP contribution in [0.5, 0.6) is 0 Å². The molecule has 0 aromatic heterocycles. The standard InChI is InChI=1S/C15H14Cl2N2O/c16-13-1-2-14(17)12(10-13)9-11-4-7-19(8-5-11)15(20)3-6-18/h1-2,9-10H,3-5,7-8H2. The highest BCUT2D eigenvalue weighted by Crippen LogP contribution is 2.26. The average molecular weight is 309 g/mol. The number of benzene rings is 1.